The molecule has 0 heterocycles. The number of carbonyl (C=O) groups is 1. The van der Waals surface area contributed by atoms with Crippen molar-refractivity contribution in [3.05, 3.63) is 85.1 Å². The van der Waals surface area contributed by atoms with Crippen molar-refractivity contribution in [2.45, 2.75) is 193 Å². The van der Waals surface area contributed by atoms with Crippen molar-refractivity contribution >= 4 is 16.0 Å². The van der Waals surface area contributed by atoms with Gasteiger partial charge < -0.3 is 10.4 Å². The van der Waals surface area contributed by atoms with Crippen LogP contribution in [0.3, 0.4) is 0 Å². The number of hydrogen-bond acceptors (Lipinski definition) is 4. The maximum absolute atomic E-state index is 12.5. The van der Waals surface area contributed by atoms with E-state index in [0.717, 1.165) is 70.6 Å². The fraction of sp³-hybridized carbons (Fsp3) is 0.674. The number of aliphatic hydroxyl groups excluding tert-OH is 1. The van der Waals surface area contributed by atoms with Gasteiger partial charge in [-0.1, -0.05) is 182 Å². The molecular formula is C46H79NO5S. The molecule has 0 bridgehead atoms. The van der Waals surface area contributed by atoms with Crippen LogP contribution in [0, 0.1) is 0 Å². The summed E-state index contributed by atoms with van der Waals surface area (Å²) in [6.45, 7) is 4.40. The van der Waals surface area contributed by atoms with Gasteiger partial charge in [-0.05, 0) is 77.0 Å². The molecule has 3 N–H and O–H groups in total. The highest BCUT2D eigenvalue weighted by Gasteiger charge is 2.24. The van der Waals surface area contributed by atoms with Crippen LogP contribution in [-0.2, 0) is 14.9 Å². The van der Waals surface area contributed by atoms with E-state index in [1.807, 2.05) is 0 Å². The molecule has 2 atom stereocenters. The number of rotatable bonds is 37. The topological polar surface area (TPSA) is 104 Å². The Morgan fingerprint density at radius 1 is 0.528 bits per heavy atom. The zero-order chi connectivity index (χ0) is 38.9. The van der Waals surface area contributed by atoms with E-state index in [2.05, 4.69) is 92.1 Å². The lowest BCUT2D eigenvalue weighted by Gasteiger charge is -2.21. The average Bonchev–Trinajstić information content (AvgIpc) is 3.12. The maximum Gasteiger partial charge on any atom is 0.267 e. The van der Waals surface area contributed by atoms with Crippen LogP contribution in [0.4, 0.5) is 0 Å². The van der Waals surface area contributed by atoms with E-state index in [1.54, 1.807) is 6.08 Å². The van der Waals surface area contributed by atoms with Gasteiger partial charge in [0.25, 0.3) is 10.1 Å². The van der Waals surface area contributed by atoms with Gasteiger partial charge in [0.15, 0.2) is 0 Å². The van der Waals surface area contributed by atoms with Gasteiger partial charge in [-0.25, -0.2) is 0 Å². The van der Waals surface area contributed by atoms with Crippen molar-refractivity contribution in [3.63, 3.8) is 0 Å². The number of amides is 1. The Hall–Kier alpha value is -2.48. The van der Waals surface area contributed by atoms with Crippen molar-refractivity contribution in [2.75, 3.05) is 5.75 Å². The molecule has 53 heavy (non-hydrogen) atoms. The van der Waals surface area contributed by atoms with Crippen molar-refractivity contribution in [3.8, 4) is 0 Å². The Kier molecular flexibility index (Phi) is 37.4. The number of allylic oxidation sites excluding steroid dienone is 13. The van der Waals surface area contributed by atoms with Crippen LogP contribution in [0.25, 0.3) is 0 Å². The predicted octanol–water partition coefficient (Wildman–Crippen LogP) is 12.8. The largest absolute Gasteiger partial charge is 0.387 e. The lowest BCUT2D eigenvalue weighted by Crippen LogP contribution is -2.46. The number of hydrogen-bond donors (Lipinski definition) is 3. The second-order valence-electron chi connectivity index (χ2n) is 14.2. The molecule has 7 heteroatoms. The van der Waals surface area contributed by atoms with Crippen LogP contribution in [-0.4, -0.2) is 41.9 Å². The van der Waals surface area contributed by atoms with Gasteiger partial charge in [0, 0.05) is 6.42 Å². The smallest absolute Gasteiger partial charge is 0.267 e. The quantitative estimate of drug-likeness (QED) is 0.0332. The van der Waals surface area contributed by atoms with Gasteiger partial charge >= 0.3 is 0 Å². The molecule has 6 nitrogen and oxygen atoms in total. The van der Waals surface area contributed by atoms with E-state index >= 15 is 0 Å². The Balaban J connectivity index is 3.98. The molecule has 0 radical (unpaired) electrons. The van der Waals surface area contributed by atoms with E-state index in [1.165, 1.54) is 83.1 Å². The lowest BCUT2D eigenvalue weighted by molar-refractivity contribution is -0.122. The summed E-state index contributed by atoms with van der Waals surface area (Å²) in [5.41, 5.74) is 0. The van der Waals surface area contributed by atoms with Crippen LogP contribution in [0.2, 0.25) is 0 Å². The SMILES string of the molecule is CC/C=C\C/C=C\C/C=C\C/C=C\C/C=C\CCCCCCCCCC(=O)NC(CS(=O)(=O)O)C(O)/C=C/CC/C=C/CCCCCCCCCCC. The molecule has 0 rings (SSSR count). The number of carbonyl (C=O) groups excluding carboxylic acids is 1. The highest BCUT2D eigenvalue weighted by Crippen LogP contribution is 2.12. The third-order valence-electron chi connectivity index (χ3n) is 9.06. The zero-order valence-electron chi connectivity index (χ0n) is 33.9. The van der Waals surface area contributed by atoms with Crippen LogP contribution >= 0.6 is 0 Å². The summed E-state index contributed by atoms with van der Waals surface area (Å²) >= 11 is 0. The summed E-state index contributed by atoms with van der Waals surface area (Å²) in [6.07, 6.45) is 57.1. The molecule has 0 spiro atoms. The fourth-order valence-electron chi connectivity index (χ4n) is 5.90. The number of aliphatic hydroxyl groups is 1. The summed E-state index contributed by atoms with van der Waals surface area (Å²) in [5.74, 6) is -1.02. The normalized spacial score (nSPS) is 14.1. The van der Waals surface area contributed by atoms with E-state index in [-0.39, 0.29) is 12.3 Å². The summed E-state index contributed by atoms with van der Waals surface area (Å²) in [5, 5.41) is 13.2. The van der Waals surface area contributed by atoms with Gasteiger partial charge in [0.2, 0.25) is 5.91 Å². The minimum Gasteiger partial charge on any atom is -0.387 e. The molecule has 0 aliphatic rings. The van der Waals surface area contributed by atoms with Crippen LogP contribution in [0.1, 0.15) is 181 Å². The summed E-state index contributed by atoms with van der Waals surface area (Å²) < 4.78 is 32.5. The molecule has 304 valence electrons. The Bertz CT molecular complexity index is 1150. The van der Waals surface area contributed by atoms with Gasteiger partial charge in [0.1, 0.15) is 0 Å². The van der Waals surface area contributed by atoms with Crippen molar-refractivity contribution in [2.24, 2.45) is 0 Å². The lowest BCUT2D eigenvalue weighted by atomic mass is 10.1. The minimum absolute atomic E-state index is 0.270. The molecular weight excluding hydrogens is 679 g/mol. The third kappa shape index (κ3) is 40.5. The molecule has 0 fully saturated rings. The summed E-state index contributed by atoms with van der Waals surface area (Å²) in [7, 11) is -4.36. The van der Waals surface area contributed by atoms with E-state index in [9.17, 15) is 22.9 Å². The van der Waals surface area contributed by atoms with Crippen LogP contribution in [0.15, 0.2) is 85.1 Å². The van der Waals surface area contributed by atoms with Crippen molar-refractivity contribution in [1.82, 2.24) is 5.32 Å². The molecule has 0 saturated carbocycles. The molecule has 0 aromatic rings. The first-order valence-electron chi connectivity index (χ1n) is 21.3. The zero-order valence-corrected chi connectivity index (χ0v) is 34.7. The monoisotopic (exact) mass is 758 g/mol. The minimum atomic E-state index is -4.36. The van der Waals surface area contributed by atoms with Crippen LogP contribution < -0.4 is 5.32 Å². The summed E-state index contributed by atoms with van der Waals surface area (Å²) in [6, 6.07) is -1.08. The molecule has 0 saturated heterocycles. The first-order valence-corrected chi connectivity index (χ1v) is 22.9. The predicted molar refractivity (Wildman–Crippen MR) is 230 cm³/mol. The average molecular weight is 758 g/mol. The second-order valence-corrected chi connectivity index (χ2v) is 15.7. The molecule has 0 aromatic carbocycles. The first-order chi connectivity index (χ1) is 25.8. The van der Waals surface area contributed by atoms with Gasteiger partial charge in [-0.3, -0.25) is 9.35 Å². The fourth-order valence-corrected chi connectivity index (χ4v) is 6.64. The molecule has 2 unspecified atom stereocenters. The number of unbranched alkanes of at least 4 members (excludes halogenated alkanes) is 17. The van der Waals surface area contributed by atoms with E-state index in [0.29, 0.717) is 12.8 Å². The number of nitrogens with one attached hydrogen (secondary N) is 1. The van der Waals surface area contributed by atoms with Gasteiger partial charge in [0.05, 0.1) is 17.9 Å². The Morgan fingerprint density at radius 2 is 0.925 bits per heavy atom. The third-order valence-corrected chi connectivity index (χ3v) is 9.84. The first kappa shape index (κ1) is 50.5. The van der Waals surface area contributed by atoms with Gasteiger partial charge in [-0.15, -0.1) is 0 Å². The molecule has 0 aliphatic heterocycles. The maximum atomic E-state index is 12.5. The van der Waals surface area contributed by atoms with Crippen molar-refractivity contribution < 1.29 is 22.9 Å². The molecule has 1 amide bonds. The van der Waals surface area contributed by atoms with Crippen LogP contribution in [0.5, 0.6) is 0 Å². The highest BCUT2D eigenvalue weighted by molar-refractivity contribution is 7.85. The van der Waals surface area contributed by atoms with Gasteiger partial charge in [-0.2, -0.15) is 8.42 Å². The van der Waals surface area contributed by atoms with E-state index < -0.39 is 28.0 Å². The summed E-state index contributed by atoms with van der Waals surface area (Å²) in [4.78, 5) is 12.5. The van der Waals surface area contributed by atoms with E-state index in [4.69, 9.17) is 0 Å². The standard InChI is InChI=1S/C46H79NO5S/c1-3-5-7-9-11-13-15-17-19-20-21-22-23-24-25-26-28-30-32-34-36-38-40-42-46(49)47-44(43-53(50,51)52)45(48)41-39-37-35-33-31-29-27-18-16-14-12-10-8-6-4-2/h5,7,11,13,17,19,21-22,24-25,31,33,39,41,44-45,48H,3-4,6,8-10,12,14-16,18,20,23,26-30,32,34-38,40,42-43H2,1-2H3,(H,47,49)(H,50,51,52)/b7-5-,13-11-,19-17-,22-21-,25-24-,33-31+,41-39+. The molecule has 0 aromatic heterocycles. The Labute approximate surface area is 326 Å². The highest BCUT2D eigenvalue weighted by atomic mass is 32.2. The molecule has 0 aliphatic carbocycles. The van der Waals surface area contributed by atoms with Crippen molar-refractivity contribution in [1.29, 1.82) is 0 Å². The Morgan fingerprint density at radius 3 is 1.42 bits per heavy atom. The second kappa shape index (κ2) is 39.2.